The monoisotopic (exact) mass is 383 g/mol. The SMILES string of the molecule is CSc1ccc(-c2csc(NC(=O)[C@@H]3CCC[C@@H]3CN)n2)cc1.Cl. The Morgan fingerprint density at radius 3 is 2.79 bits per heavy atom. The van der Waals surface area contributed by atoms with Gasteiger partial charge in [-0.3, -0.25) is 4.79 Å². The number of hydrogen-bond acceptors (Lipinski definition) is 5. The molecule has 0 unspecified atom stereocenters. The number of aromatic nitrogens is 1. The molecule has 0 radical (unpaired) electrons. The number of halogens is 1. The molecule has 130 valence electrons. The van der Waals surface area contributed by atoms with Gasteiger partial charge in [-0.2, -0.15) is 0 Å². The quantitative estimate of drug-likeness (QED) is 0.756. The second-order valence-electron chi connectivity index (χ2n) is 5.79. The van der Waals surface area contributed by atoms with Crippen LogP contribution in [0.1, 0.15) is 19.3 Å². The molecule has 4 nitrogen and oxygen atoms in total. The van der Waals surface area contributed by atoms with E-state index in [1.54, 1.807) is 11.8 Å². The van der Waals surface area contributed by atoms with Crippen molar-refractivity contribution in [2.45, 2.75) is 24.2 Å². The average molecular weight is 384 g/mol. The molecule has 2 aromatic rings. The number of amides is 1. The number of nitrogens with two attached hydrogens (primary N) is 1. The van der Waals surface area contributed by atoms with Gasteiger partial charge in [-0.25, -0.2) is 4.98 Å². The molecule has 0 aliphatic heterocycles. The van der Waals surface area contributed by atoms with Crippen LogP contribution in [0.5, 0.6) is 0 Å². The van der Waals surface area contributed by atoms with Crippen LogP contribution in [0.25, 0.3) is 11.3 Å². The minimum atomic E-state index is 0. The number of carbonyl (C=O) groups excluding carboxylic acids is 1. The Morgan fingerprint density at radius 2 is 2.12 bits per heavy atom. The molecule has 7 heteroatoms. The van der Waals surface area contributed by atoms with Gasteiger partial charge in [0.15, 0.2) is 5.13 Å². The molecule has 0 spiro atoms. The molecule has 1 fully saturated rings. The maximum Gasteiger partial charge on any atom is 0.229 e. The predicted molar refractivity (Wildman–Crippen MR) is 105 cm³/mol. The molecule has 1 aliphatic carbocycles. The Morgan fingerprint density at radius 1 is 1.38 bits per heavy atom. The maximum absolute atomic E-state index is 12.4. The summed E-state index contributed by atoms with van der Waals surface area (Å²) < 4.78 is 0. The smallest absolute Gasteiger partial charge is 0.229 e. The zero-order chi connectivity index (χ0) is 16.2. The highest BCUT2D eigenvalue weighted by molar-refractivity contribution is 7.98. The van der Waals surface area contributed by atoms with E-state index < -0.39 is 0 Å². The lowest BCUT2D eigenvalue weighted by Gasteiger charge is -2.16. The number of anilines is 1. The molecule has 1 aromatic carbocycles. The van der Waals surface area contributed by atoms with E-state index in [-0.39, 0.29) is 24.2 Å². The van der Waals surface area contributed by atoms with Crippen molar-refractivity contribution in [2.75, 3.05) is 18.1 Å². The van der Waals surface area contributed by atoms with E-state index in [1.807, 2.05) is 5.38 Å². The van der Waals surface area contributed by atoms with Crippen LogP contribution in [-0.2, 0) is 4.79 Å². The van der Waals surface area contributed by atoms with Gasteiger partial charge in [-0.15, -0.1) is 35.5 Å². The fourth-order valence-electron chi connectivity index (χ4n) is 3.09. The fraction of sp³-hybridized carbons (Fsp3) is 0.412. The third kappa shape index (κ3) is 4.30. The van der Waals surface area contributed by atoms with Crippen molar-refractivity contribution in [1.29, 1.82) is 0 Å². The molecule has 2 atom stereocenters. The first kappa shape index (κ1) is 19.2. The third-order valence-electron chi connectivity index (χ3n) is 4.42. The van der Waals surface area contributed by atoms with Crippen LogP contribution in [0.4, 0.5) is 5.13 Å². The van der Waals surface area contributed by atoms with E-state index >= 15 is 0 Å². The topological polar surface area (TPSA) is 68.0 Å². The van der Waals surface area contributed by atoms with E-state index in [4.69, 9.17) is 5.73 Å². The molecule has 3 rings (SSSR count). The summed E-state index contributed by atoms with van der Waals surface area (Å²) in [5, 5.41) is 5.62. The van der Waals surface area contributed by atoms with Crippen LogP contribution in [0.2, 0.25) is 0 Å². The van der Waals surface area contributed by atoms with Crippen molar-refractivity contribution in [1.82, 2.24) is 4.98 Å². The Labute approximate surface area is 157 Å². The summed E-state index contributed by atoms with van der Waals surface area (Å²) in [6, 6.07) is 8.30. The molecular formula is C17H22ClN3OS2. The second kappa shape index (κ2) is 8.85. The molecule has 1 heterocycles. The van der Waals surface area contributed by atoms with E-state index in [1.165, 1.54) is 16.2 Å². The van der Waals surface area contributed by atoms with Crippen LogP contribution in [0, 0.1) is 11.8 Å². The number of carbonyl (C=O) groups is 1. The predicted octanol–water partition coefficient (Wildman–Crippen LogP) is 4.27. The average Bonchev–Trinajstić information content (AvgIpc) is 3.23. The largest absolute Gasteiger partial charge is 0.330 e. The summed E-state index contributed by atoms with van der Waals surface area (Å²) >= 11 is 3.19. The fourth-order valence-corrected chi connectivity index (χ4v) is 4.22. The lowest BCUT2D eigenvalue weighted by atomic mass is 9.95. The van der Waals surface area contributed by atoms with E-state index in [2.05, 4.69) is 40.8 Å². The standard InChI is InChI=1S/C17H21N3OS2.ClH/c1-22-13-7-5-11(6-8-13)15-10-23-17(19-15)20-16(21)14-4-2-3-12(14)9-18;/h5-8,10,12,14H,2-4,9,18H2,1H3,(H,19,20,21);1H/t12-,14-;/m1./s1. The molecule has 1 amide bonds. The summed E-state index contributed by atoms with van der Waals surface area (Å²) in [5.41, 5.74) is 7.74. The van der Waals surface area contributed by atoms with Crippen molar-refractivity contribution < 1.29 is 4.79 Å². The van der Waals surface area contributed by atoms with E-state index in [0.717, 1.165) is 30.5 Å². The van der Waals surface area contributed by atoms with Gasteiger partial charge >= 0.3 is 0 Å². The lowest BCUT2D eigenvalue weighted by molar-refractivity contribution is -0.120. The van der Waals surface area contributed by atoms with Crippen molar-refractivity contribution in [3.63, 3.8) is 0 Å². The van der Waals surface area contributed by atoms with E-state index in [9.17, 15) is 4.79 Å². The van der Waals surface area contributed by atoms with Crippen molar-refractivity contribution >= 4 is 46.5 Å². The van der Waals surface area contributed by atoms with Crippen molar-refractivity contribution in [2.24, 2.45) is 17.6 Å². The number of hydrogen-bond donors (Lipinski definition) is 2. The van der Waals surface area contributed by atoms with Gasteiger partial charge in [-0.1, -0.05) is 18.6 Å². The summed E-state index contributed by atoms with van der Waals surface area (Å²) in [7, 11) is 0. The third-order valence-corrected chi connectivity index (χ3v) is 5.92. The Bertz CT molecular complexity index is 675. The summed E-state index contributed by atoms with van der Waals surface area (Å²) in [5.74, 6) is 0.415. The van der Waals surface area contributed by atoms with Crippen molar-refractivity contribution in [3.8, 4) is 11.3 Å². The highest BCUT2D eigenvalue weighted by atomic mass is 35.5. The van der Waals surface area contributed by atoms with Gasteiger partial charge in [0.25, 0.3) is 0 Å². The number of benzene rings is 1. The zero-order valence-corrected chi connectivity index (χ0v) is 16.0. The Kier molecular flexibility index (Phi) is 7.10. The second-order valence-corrected chi connectivity index (χ2v) is 7.53. The number of nitrogens with zero attached hydrogens (tertiary/aromatic N) is 1. The summed E-state index contributed by atoms with van der Waals surface area (Å²) in [6.45, 7) is 0.586. The molecule has 1 saturated carbocycles. The number of nitrogens with one attached hydrogen (secondary N) is 1. The lowest BCUT2D eigenvalue weighted by Crippen LogP contribution is -2.29. The minimum absolute atomic E-state index is 0. The van der Waals surface area contributed by atoms with Crippen molar-refractivity contribution in [3.05, 3.63) is 29.6 Å². The van der Waals surface area contributed by atoms with Crippen LogP contribution in [0.15, 0.2) is 34.5 Å². The summed E-state index contributed by atoms with van der Waals surface area (Å²) in [6.07, 6.45) is 5.13. The number of rotatable bonds is 5. The minimum Gasteiger partial charge on any atom is -0.330 e. The summed E-state index contributed by atoms with van der Waals surface area (Å²) in [4.78, 5) is 18.2. The zero-order valence-electron chi connectivity index (χ0n) is 13.5. The van der Waals surface area contributed by atoms with Crippen LogP contribution >= 0.6 is 35.5 Å². The van der Waals surface area contributed by atoms with Crippen LogP contribution in [-0.4, -0.2) is 23.7 Å². The first-order valence-corrected chi connectivity index (χ1v) is 9.92. The van der Waals surface area contributed by atoms with Gasteiger partial charge < -0.3 is 11.1 Å². The van der Waals surface area contributed by atoms with Gasteiger partial charge in [0, 0.05) is 21.8 Å². The normalized spacial score (nSPS) is 19.8. The van der Waals surface area contributed by atoms with Gasteiger partial charge in [0.2, 0.25) is 5.91 Å². The van der Waals surface area contributed by atoms with Crippen LogP contribution < -0.4 is 11.1 Å². The van der Waals surface area contributed by atoms with Gasteiger partial charge in [0.05, 0.1) is 5.69 Å². The molecule has 0 bridgehead atoms. The van der Waals surface area contributed by atoms with Gasteiger partial charge in [0.1, 0.15) is 0 Å². The Balaban J connectivity index is 0.00000208. The first-order valence-electron chi connectivity index (χ1n) is 7.82. The highest BCUT2D eigenvalue weighted by Crippen LogP contribution is 2.33. The molecular weight excluding hydrogens is 362 g/mol. The molecule has 1 aliphatic rings. The van der Waals surface area contributed by atoms with Crippen LogP contribution in [0.3, 0.4) is 0 Å². The molecule has 24 heavy (non-hydrogen) atoms. The molecule has 3 N–H and O–H groups in total. The van der Waals surface area contributed by atoms with E-state index in [0.29, 0.717) is 17.6 Å². The maximum atomic E-state index is 12.4. The Hall–Kier alpha value is -1.08. The molecule has 1 aromatic heterocycles. The number of thioether (sulfide) groups is 1. The first-order chi connectivity index (χ1) is 11.2. The number of thiazole rings is 1. The molecule has 0 saturated heterocycles. The highest BCUT2D eigenvalue weighted by Gasteiger charge is 2.32. The van der Waals surface area contributed by atoms with Gasteiger partial charge in [-0.05, 0) is 43.7 Å².